The maximum Gasteiger partial charge on any atom is 0.311 e. The quantitative estimate of drug-likeness (QED) is 0.689. The van der Waals surface area contributed by atoms with Gasteiger partial charge in [0.05, 0.1) is 18.4 Å². The van der Waals surface area contributed by atoms with Gasteiger partial charge in [0.2, 0.25) is 0 Å². The lowest BCUT2D eigenvalue weighted by Gasteiger charge is -2.26. The molecule has 2 atom stereocenters. The molecule has 0 aromatic heterocycles. The van der Waals surface area contributed by atoms with E-state index in [2.05, 4.69) is 4.74 Å². The standard InChI is InChI=1S/C10H18O4/c1-5-10(3,9(13)14-4)6-7(2)8(11)12/h7H,5-6H2,1-4H3,(H,11,12). The van der Waals surface area contributed by atoms with Crippen LogP contribution in [-0.2, 0) is 14.3 Å². The van der Waals surface area contributed by atoms with Gasteiger partial charge in [0, 0.05) is 0 Å². The van der Waals surface area contributed by atoms with Crippen LogP contribution in [0.25, 0.3) is 0 Å². The predicted octanol–water partition coefficient (Wildman–Crippen LogP) is 1.69. The van der Waals surface area contributed by atoms with Crippen LogP contribution in [0.3, 0.4) is 0 Å². The third-order valence-corrected chi connectivity index (χ3v) is 2.64. The lowest BCUT2D eigenvalue weighted by atomic mass is 9.79. The zero-order chi connectivity index (χ0) is 11.4. The van der Waals surface area contributed by atoms with E-state index in [1.165, 1.54) is 7.11 Å². The Labute approximate surface area is 84.3 Å². The molecule has 82 valence electrons. The van der Waals surface area contributed by atoms with E-state index in [-0.39, 0.29) is 5.97 Å². The molecule has 0 radical (unpaired) electrons. The smallest absolute Gasteiger partial charge is 0.311 e. The van der Waals surface area contributed by atoms with Crippen molar-refractivity contribution in [2.45, 2.75) is 33.6 Å². The topological polar surface area (TPSA) is 63.6 Å². The van der Waals surface area contributed by atoms with Crippen LogP contribution in [0.4, 0.5) is 0 Å². The van der Waals surface area contributed by atoms with Gasteiger partial charge < -0.3 is 9.84 Å². The molecule has 4 nitrogen and oxygen atoms in total. The number of carboxylic acids is 1. The van der Waals surface area contributed by atoms with E-state index in [0.29, 0.717) is 12.8 Å². The summed E-state index contributed by atoms with van der Waals surface area (Å²) >= 11 is 0. The van der Waals surface area contributed by atoms with Crippen LogP contribution in [0.5, 0.6) is 0 Å². The predicted molar refractivity (Wildman–Crippen MR) is 51.8 cm³/mol. The van der Waals surface area contributed by atoms with Gasteiger partial charge in [-0.05, 0) is 19.8 Å². The van der Waals surface area contributed by atoms with Crippen molar-refractivity contribution < 1.29 is 19.4 Å². The summed E-state index contributed by atoms with van der Waals surface area (Å²) < 4.78 is 4.66. The number of carbonyl (C=O) groups excluding carboxylic acids is 1. The molecule has 4 heteroatoms. The molecule has 2 unspecified atom stereocenters. The number of ether oxygens (including phenoxy) is 1. The Morgan fingerprint density at radius 1 is 1.50 bits per heavy atom. The summed E-state index contributed by atoms with van der Waals surface area (Å²) in [7, 11) is 1.32. The van der Waals surface area contributed by atoms with E-state index in [1.54, 1.807) is 13.8 Å². The van der Waals surface area contributed by atoms with Gasteiger partial charge in [-0.3, -0.25) is 9.59 Å². The van der Waals surface area contributed by atoms with Crippen molar-refractivity contribution in [3.63, 3.8) is 0 Å². The Morgan fingerprint density at radius 3 is 2.29 bits per heavy atom. The van der Waals surface area contributed by atoms with E-state index in [4.69, 9.17) is 5.11 Å². The Bertz CT molecular complexity index is 224. The first kappa shape index (κ1) is 12.9. The number of methoxy groups -OCH3 is 1. The van der Waals surface area contributed by atoms with Gasteiger partial charge in [-0.1, -0.05) is 13.8 Å². The maximum absolute atomic E-state index is 11.4. The second-order valence-corrected chi connectivity index (χ2v) is 3.85. The second-order valence-electron chi connectivity index (χ2n) is 3.85. The third-order valence-electron chi connectivity index (χ3n) is 2.64. The minimum atomic E-state index is -0.881. The highest BCUT2D eigenvalue weighted by Crippen LogP contribution is 2.31. The molecule has 0 amide bonds. The molecule has 0 aromatic rings. The van der Waals surface area contributed by atoms with Crippen LogP contribution in [0.2, 0.25) is 0 Å². The largest absolute Gasteiger partial charge is 0.481 e. The van der Waals surface area contributed by atoms with E-state index < -0.39 is 17.3 Å². The van der Waals surface area contributed by atoms with E-state index in [1.807, 2.05) is 6.92 Å². The van der Waals surface area contributed by atoms with Gasteiger partial charge in [0.15, 0.2) is 0 Å². The fourth-order valence-electron chi connectivity index (χ4n) is 1.38. The van der Waals surface area contributed by atoms with Crippen molar-refractivity contribution >= 4 is 11.9 Å². The van der Waals surface area contributed by atoms with Crippen molar-refractivity contribution in [1.29, 1.82) is 0 Å². The van der Waals surface area contributed by atoms with Crippen LogP contribution in [-0.4, -0.2) is 24.2 Å². The van der Waals surface area contributed by atoms with Crippen LogP contribution >= 0.6 is 0 Å². The molecule has 0 aromatic carbocycles. The first-order chi connectivity index (χ1) is 6.37. The summed E-state index contributed by atoms with van der Waals surface area (Å²) in [5.41, 5.74) is -0.688. The van der Waals surface area contributed by atoms with Crippen LogP contribution in [0, 0.1) is 11.3 Å². The van der Waals surface area contributed by atoms with Crippen LogP contribution in [0.1, 0.15) is 33.6 Å². The molecule has 1 N–H and O–H groups in total. The number of carbonyl (C=O) groups is 2. The normalized spacial score (nSPS) is 16.9. The first-order valence-corrected chi connectivity index (χ1v) is 4.68. The summed E-state index contributed by atoms with van der Waals surface area (Å²) in [6.45, 7) is 5.18. The van der Waals surface area contributed by atoms with Crippen molar-refractivity contribution in [2.24, 2.45) is 11.3 Å². The second kappa shape index (κ2) is 4.98. The molecule has 0 spiro atoms. The Hall–Kier alpha value is -1.06. The van der Waals surface area contributed by atoms with Gasteiger partial charge in [0.1, 0.15) is 0 Å². The van der Waals surface area contributed by atoms with Gasteiger partial charge in [0.25, 0.3) is 0 Å². The summed E-state index contributed by atoms with van der Waals surface area (Å²) in [5.74, 6) is -1.75. The Morgan fingerprint density at radius 2 is 2.00 bits per heavy atom. The van der Waals surface area contributed by atoms with Crippen LogP contribution in [0.15, 0.2) is 0 Å². The Balaban J connectivity index is 4.55. The fraction of sp³-hybridized carbons (Fsp3) is 0.800. The zero-order valence-electron chi connectivity index (χ0n) is 9.16. The van der Waals surface area contributed by atoms with Gasteiger partial charge in [-0.15, -0.1) is 0 Å². The molecule has 0 fully saturated rings. The van der Waals surface area contributed by atoms with E-state index in [0.717, 1.165) is 0 Å². The average Bonchev–Trinajstić information content (AvgIpc) is 2.15. The zero-order valence-corrected chi connectivity index (χ0v) is 9.16. The molecule has 0 saturated heterocycles. The molecule has 0 aliphatic heterocycles. The Kier molecular flexibility index (Phi) is 4.60. The summed E-state index contributed by atoms with van der Waals surface area (Å²) in [5, 5.41) is 8.74. The molecule has 0 aliphatic carbocycles. The molecular formula is C10H18O4. The monoisotopic (exact) mass is 202 g/mol. The lowest BCUT2D eigenvalue weighted by Crippen LogP contribution is -2.32. The molecule has 0 heterocycles. The summed E-state index contributed by atoms with van der Waals surface area (Å²) in [6, 6.07) is 0. The lowest BCUT2D eigenvalue weighted by molar-refractivity contribution is -0.154. The van der Waals surface area contributed by atoms with E-state index in [9.17, 15) is 9.59 Å². The number of carboxylic acid groups (broad SMARTS) is 1. The first-order valence-electron chi connectivity index (χ1n) is 4.68. The number of esters is 1. The van der Waals surface area contributed by atoms with Crippen molar-refractivity contribution in [3.05, 3.63) is 0 Å². The minimum absolute atomic E-state index is 0.311. The number of rotatable bonds is 5. The molecule has 14 heavy (non-hydrogen) atoms. The van der Waals surface area contributed by atoms with Gasteiger partial charge >= 0.3 is 11.9 Å². The highest BCUT2D eigenvalue weighted by molar-refractivity contribution is 5.77. The SMILES string of the molecule is CCC(C)(CC(C)C(=O)O)C(=O)OC. The van der Waals surface area contributed by atoms with Gasteiger partial charge in [-0.25, -0.2) is 0 Å². The number of hydrogen-bond donors (Lipinski definition) is 1. The minimum Gasteiger partial charge on any atom is -0.481 e. The maximum atomic E-state index is 11.4. The fourth-order valence-corrected chi connectivity index (χ4v) is 1.38. The molecule has 0 bridgehead atoms. The van der Waals surface area contributed by atoms with Gasteiger partial charge in [-0.2, -0.15) is 0 Å². The summed E-state index contributed by atoms with van der Waals surface area (Å²) in [6.07, 6.45) is 0.892. The average molecular weight is 202 g/mol. The molecule has 0 aliphatic rings. The summed E-state index contributed by atoms with van der Waals surface area (Å²) in [4.78, 5) is 22.1. The molecule has 0 saturated carbocycles. The third kappa shape index (κ3) is 3.01. The highest BCUT2D eigenvalue weighted by Gasteiger charge is 2.35. The number of aliphatic carboxylic acids is 1. The highest BCUT2D eigenvalue weighted by atomic mass is 16.5. The molecule has 0 rings (SSSR count). The van der Waals surface area contributed by atoms with Crippen molar-refractivity contribution in [3.8, 4) is 0 Å². The number of hydrogen-bond acceptors (Lipinski definition) is 3. The van der Waals surface area contributed by atoms with E-state index >= 15 is 0 Å². The molecular weight excluding hydrogens is 184 g/mol. The van der Waals surface area contributed by atoms with Crippen molar-refractivity contribution in [2.75, 3.05) is 7.11 Å². The van der Waals surface area contributed by atoms with Crippen LogP contribution < -0.4 is 0 Å². The van der Waals surface area contributed by atoms with Crippen molar-refractivity contribution in [1.82, 2.24) is 0 Å².